The highest BCUT2D eigenvalue weighted by molar-refractivity contribution is 9.10. The molecule has 0 aliphatic heterocycles. The van der Waals surface area contributed by atoms with Crippen LogP contribution in [0.5, 0.6) is 5.75 Å². The van der Waals surface area contributed by atoms with Gasteiger partial charge in [-0.3, -0.25) is 0 Å². The van der Waals surface area contributed by atoms with E-state index in [4.69, 9.17) is 4.74 Å². The average Bonchev–Trinajstić information content (AvgIpc) is 2.48. The maximum atomic E-state index is 5.50. The van der Waals surface area contributed by atoms with Crippen molar-refractivity contribution in [3.05, 3.63) is 63.6 Å². The van der Waals surface area contributed by atoms with Crippen LogP contribution in [0.3, 0.4) is 0 Å². The molecule has 0 aliphatic rings. The first-order valence-corrected chi connectivity index (χ1v) is 8.06. The minimum absolute atomic E-state index is 0.291. The Morgan fingerprint density at radius 1 is 1.19 bits per heavy atom. The van der Waals surface area contributed by atoms with Crippen LogP contribution in [0.1, 0.15) is 29.7 Å². The summed E-state index contributed by atoms with van der Waals surface area (Å²) in [5, 5.41) is 3.59. The summed E-state index contributed by atoms with van der Waals surface area (Å²) in [4.78, 5) is 0. The Hall–Kier alpha value is -1.32. The summed E-state index contributed by atoms with van der Waals surface area (Å²) in [5.41, 5.74) is 3.87. The molecule has 0 aliphatic carbocycles. The Morgan fingerprint density at radius 3 is 2.62 bits per heavy atom. The standard InChI is InChI=1S/C18H22BrNO/c1-4-20-17(16-8-6-5-7-13(16)2)12-14-11-15(19)9-10-18(14)21-3/h5-11,17,20H,4,12H2,1-3H3. The molecule has 1 atom stereocenters. The summed E-state index contributed by atoms with van der Waals surface area (Å²) in [5.74, 6) is 0.940. The molecule has 21 heavy (non-hydrogen) atoms. The summed E-state index contributed by atoms with van der Waals surface area (Å²) >= 11 is 3.55. The van der Waals surface area contributed by atoms with Crippen molar-refractivity contribution in [3.8, 4) is 5.75 Å². The van der Waals surface area contributed by atoms with Crippen LogP contribution in [0.25, 0.3) is 0 Å². The van der Waals surface area contributed by atoms with Crippen LogP contribution >= 0.6 is 15.9 Å². The molecule has 3 heteroatoms. The Bertz CT molecular complexity index is 598. The van der Waals surface area contributed by atoms with Crippen LogP contribution in [0, 0.1) is 6.92 Å². The molecule has 0 radical (unpaired) electrons. The van der Waals surface area contributed by atoms with Gasteiger partial charge >= 0.3 is 0 Å². The molecule has 0 heterocycles. The lowest BCUT2D eigenvalue weighted by atomic mass is 9.95. The maximum absolute atomic E-state index is 5.50. The van der Waals surface area contributed by atoms with Gasteiger partial charge in [-0.1, -0.05) is 47.1 Å². The van der Waals surface area contributed by atoms with Gasteiger partial charge in [-0.25, -0.2) is 0 Å². The van der Waals surface area contributed by atoms with Crippen LogP contribution in [0.2, 0.25) is 0 Å². The molecular weight excluding hydrogens is 326 g/mol. The highest BCUT2D eigenvalue weighted by atomic mass is 79.9. The summed E-state index contributed by atoms with van der Waals surface area (Å²) in [6, 6.07) is 15.0. The lowest BCUT2D eigenvalue weighted by Gasteiger charge is -2.21. The molecule has 0 spiro atoms. The predicted molar refractivity (Wildman–Crippen MR) is 92.0 cm³/mol. The molecule has 0 saturated heterocycles. The fourth-order valence-corrected chi connectivity index (χ4v) is 3.05. The molecular formula is C18H22BrNO. The first kappa shape index (κ1) is 16.1. The van der Waals surface area contributed by atoms with Gasteiger partial charge in [0.05, 0.1) is 7.11 Å². The molecule has 0 fully saturated rings. The number of aryl methyl sites for hydroxylation is 1. The quantitative estimate of drug-likeness (QED) is 0.820. The van der Waals surface area contributed by atoms with E-state index in [-0.39, 0.29) is 0 Å². The first-order chi connectivity index (χ1) is 10.2. The normalized spacial score (nSPS) is 12.2. The number of likely N-dealkylation sites (N-methyl/N-ethyl adjacent to an activating group) is 1. The minimum atomic E-state index is 0.291. The fraction of sp³-hybridized carbons (Fsp3) is 0.333. The zero-order valence-electron chi connectivity index (χ0n) is 12.8. The van der Waals surface area contributed by atoms with Crippen LogP contribution in [-0.4, -0.2) is 13.7 Å². The molecule has 2 aromatic carbocycles. The van der Waals surface area contributed by atoms with Gasteiger partial charge in [0.25, 0.3) is 0 Å². The summed E-state index contributed by atoms with van der Waals surface area (Å²) in [6.07, 6.45) is 0.904. The minimum Gasteiger partial charge on any atom is -0.496 e. The zero-order chi connectivity index (χ0) is 15.2. The van der Waals surface area contributed by atoms with Gasteiger partial charge in [0.2, 0.25) is 0 Å². The molecule has 0 bridgehead atoms. The third-order valence-corrected chi connectivity index (χ3v) is 4.17. The predicted octanol–water partition coefficient (Wildman–Crippen LogP) is 4.66. The second-order valence-electron chi connectivity index (χ2n) is 5.13. The third kappa shape index (κ3) is 4.08. The van der Waals surface area contributed by atoms with E-state index in [1.807, 2.05) is 12.1 Å². The maximum Gasteiger partial charge on any atom is 0.122 e. The van der Waals surface area contributed by atoms with E-state index in [0.29, 0.717) is 6.04 Å². The molecule has 2 rings (SSSR count). The van der Waals surface area contributed by atoms with Gasteiger partial charge in [-0.05, 0) is 54.8 Å². The summed E-state index contributed by atoms with van der Waals surface area (Å²) < 4.78 is 6.58. The van der Waals surface area contributed by atoms with Gasteiger partial charge in [-0.15, -0.1) is 0 Å². The van der Waals surface area contributed by atoms with Crippen molar-refractivity contribution in [2.75, 3.05) is 13.7 Å². The molecule has 0 aromatic heterocycles. The molecule has 1 N–H and O–H groups in total. The molecule has 112 valence electrons. The van der Waals surface area contributed by atoms with Crippen LogP contribution in [0.15, 0.2) is 46.9 Å². The van der Waals surface area contributed by atoms with Crippen LogP contribution in [0.4, 0.5) is 0 Å². The topological polar surface area (TPSA) is 21.3 Å². The lowest BCUT2D eigenvalue weighted by molar-refractivity contribution is 0.405. The molecule has 2 aromatic rings. The fourth-order valence-electron chi connectivity index (χ4n) is 2.64. The van der Waals surface area contributed by atoms with E-state index in [9.17, 15) is 0 Å². The second-order valence-corrected chi connectivity index (χ2v) is 6.04. The smallest absolute Gasteiger partial charge is 0.122 e. The summed E-state index contributed by atoms with van der Waals surface area (Å²) in [6.45, 7) is 5.25. The number of hydrogen-bond donors (Lipinski definition) is 1. The van der Waals surface area contributed by atoms with Crippen molar-refractivity contribution in [2.45, 2.75) is 26.3 Å². The number of benzene rings is 2. The number of nitrogens with one attached hydrogen (secondary N) is 1. The van der Waals surface area contributed by atoms with Crippen molar-refractivity contribution in [3.63, 3.8) is 0 Å². The average molecular weight is 348 g/mol. The third-order valence-electron chi connectivity index (χ3n) is 3.68. The van der Waals surface area contributed by atoms with Crippen molar-refractivity contribution >= 4 is 15.9 Å². The SMILES string of the molecule is CCNC(Cc1cc(Br)ccc1OC)c1ccccc1C. The van der Waals surface area contributed by atoms with Gasteiger partial charge in [-0.2, -0.15) is 0 Å². The number of methoxy groups -OCH3 is 1. The highest BCUT2D eigenvalue weighted by Crippen LogP contribution is 2.29. The second kappa shape index (κ2) is 7.62. The van der Waals surface area contributed by atoms with Crippen molar-refractivity contribution in [1.29, 1.82) is 0 Å². The molecule has 0 amide bonds. The van der Waals surface area contributed by atoms with E-state index < -0.39 is 0 Å². The van der Waals surface area contributed by atoms with Gasteiger partial charge < -0.3 is 10.1 Å². The van der Waals surface area contributed by atoms with Crippen LogP contribution < -0.4 is 10.1 Å². The van der Waals surface area contributed by atoms with Crippen molar-refractivity contribution in [2.24, 2.45) is 0 Å². The van der Waals surface area contributed by atoms with Gasteiger partial charge in [0, 0.05) is 10.5 Å². The number of hydrogen-bond acceptors (Lipinski definition) is 2. The molecule has 1 unspecified atom stereocenters. The first-order valence-electron chi connectivity index (χ1n) is 7.27. The molecule has 0 saturated carbocycles. The van der Waals surface area contributed by atoms with E-state index in [1.54, 1.807) is 7.11 Å². The largest absolute Gasteiger partial charge is 0.496 e. The number of rotatable bonds is 6. The van der Waals surface area contributed by atoms with E-state index in [1.165, 1.54) is 16.7 Å². The Balaban J connectivity index is 2.33. The van der Waals surface area contributed by atoms with Gasteiger partial charge in [0.15, 0.2) is 0 Å². The number of halogens is 1. The Kier molecular flexibility index (Phi) is 5.83. The van der Waals surface area contributed by atoms with E-state index >= 15 is 0 Å². The van der Waals surface area contributed by atoms with Crippen LogP contribution in [-0.2, 0) is 6.42 Å². The monoisotopic (exact) mass is 347 g/mol. The van der Waals surface area contributed by atoms with E-state index in [0.717, 1.165) is 23.2 Å². The summed E-state index contributed by atoms with van der Waals surface area (Å²) in [7, 11) is 1.72. The van der Waals surface area contributed by atoms with E-state index in [2.05, 4.69) is 65.4 Å². The zero-order valence-corrected chi connectivity index (χ0v) is 14.4. The molecule has 2 nitrogen and oxygen atoms in total. The highest BCUT2D eigenvalue weighted by Gasteiger charge is 2.15. The van der Waals surface area contributed by atoms with Crippen molar-refractivity contribution in [1.82, 2.24) is 5.32 Å². The van der Waals surface area contributed by atoms with Gasteiger partial charge in [0.1, 0.15) is 5.75 Å². The lowest BCUT2D eigenvalue weighted by Crippen LogP contribution is -2.24. The Labute approximate surface area is 135 Å². The van der Waals surface area contributed by atoms with Crippen molar-refractivity contribution < 1.29 is 4.74 Å². The Morgan fingerprint density at radius 2 is 1.95 bits per heavy atom. The number of ether oxygens (including phenoxy) is 1.